The number of alkyl halides is 3. The van der Waals surface area contributed by atoms with Crippen molar-refractivity contribution in [3.05, 3.63) is 35.4 Å². The lowest BCUT2D eigenvalue weighted by molar-refractivity contribution is -0.142. The summed E-state index contributed by atoms with van der Waals surface area (Å²) in [4.78, 5) is 12.9. The maximum absolute atomic E-state index is 12.1. The summed E-state index contributed by atoms with van der Waals surface area (Å²) in [6.07, 6.45) is -4.13. The number of aryl methyl sites for hydroxylation is 1. The summed E-state index contributed by atoms with van der Waals surface area (Å²) in [5.74, 6) is -0.123. The van der Waals surface area contributed by atoms with E-state index in [9.17, 15) is 18.0 Å². The minimum absolute atomic E-state index is 0.0947. The zero-order valence-electron chi connectivity index (χ0n) is 10.4. The van der Waals surface area contributed by atoms with Gasteiger partial charge in [-0.3, -0.25) is 9.69 Å². The molecule has 5 heteroatoms. The van der Waals surface area contributed by atoms with Gasteiger partial charge in [-0.05, 0) is 19.5 Å². The van der Waals surface area contributed by atoms with Crippen molar-refractivity contribution in [3.63, 3.8) is 0 Å². The summed E-state index contributed by atoms with van der Waals surface area (Å²) in [6.45, 7) is 0.924. The molecular formula is C13H16F3NO. The van der Waals surface area contributed by atoms with E-state index in [4.69, 9.17) is 0 Å². The van der Waals surface area contributed by atoms with E-state index in [1.54, 1.807) is 12.1 Å². The van der Waals surface area contributed by atoms with Crippen LogP contribution in [0.15, 0.2) is 24.3 Å². The van der Waals surface area contributed by atoms with Crippen molar-refractivity contribution in [3.8, 4) is 0 Å². The van der Waals surface area contributed by atoms with Crippen molar-refractivity contribution in [1.82, 2.24) is 4.90 Å². The fourth-order valence-corrected chi connectivity index (χ4v) is 1.70. The number of carbonyl (C=O) groups excluding carboxylic acids is 1. The monoisotopic (exact) mass is 259 g/mol. The molecule has 18 heavy (non-hydrogen) atoms. The average molecular weight is 259 g/mol. The van der Waals surface area contributed by atoms with Gasteiger partial charge in [0, 0.05) is 18.5 Å². The van der Waals surface area contributed by atoms with Crippen LogP contribution in [0.1, 0.15) is 22.3 Å². The molecule has 0 amide bonds. The third-order valence-corrected chi connectivity index (χ3v) is 2.62. The van der Waals surface area contributed by atoms with Crippen LogP contribution in [0.2, 0.25) is 0 Å². The zero-order chi connectivity index (χ0) is 13.8. The molecule has 100 valence electrons. The molecule has 1 rings (SSSR count). The molecule has 0 fully saturated rings. The van der Waals surface area contributed by atoms with E-state index < -0.39 is 12.7 Å². The predicted octanol–water partition coefficient (Wildman–Crippen LogP) is 3.06. The van der Waals surface area contributed by atoms with Crippen LogP contribution in [0.4, 0.5) is 13.2 Å². The van der Waals surface area contributed by atoms with E-state index in [0.29, 0.717) is 5.56 Å². The van der Waals surface area contributed by atoms with Crippen LogP contribution in [0, 0.1) is 6.92 Å². The molecule has 0 aliphatic heterocycles. The van der Waals surface area contributed by atoms with Crippen molar-refractivity contribution in [2.75, 3.05) is 20.1 Å². The molecule has 0 N–H and O–H groups in total. The highest BCUT2D eigenvalue weighted by atomic mass is 19.4. The van der Waals surface area contributed by atoms with Gasteiger partial charge in [0.1, 0.15) is 0 Å². The topological polar surface area (TPSA) is 20.3 Å². The molecule has 0 heterocycles. The van der Waals surface area contributed by atoms with Gasteiger partial charge in [0.05, 0.1) is 6.54 Å². The highest BCUT2D eigenvalue weighted by molar-refractivity contribution is 5.97. The summed E-state index contributed by atoms with van der Waals surface area (Å²) < 4.78 is 36.3. The van der Waals surface area contributed by atoms with Gasteiger partial charge in [-0.25, -0.2) is 0 Å². The fraction of sp³-hybridized carbons (Fsp3) is 0.462. The second kappa shape index (κ2) is 6.00. The van der Waals surface area contributed by atoms with Crippen LogP contribution in [0.5, 0.6) is 0 Å². The molecule has 0 saturated heterocycles. The SMILES string of the molecule is Cc1ccccc1C(=O)CCN(C)CC(F)(F)F. The van der Waals surface area contributed by atoms with Crippen LogP contribution in [0.25, 0.3) is 0 Å². The van der Waals surface area contributed by atoms with E-state index in [-0.39, 0.29) is 18.7 Å². The molecule has 0 spiro atoms. The van der Waals surface area contributed by atoms with Crippen molar-refractivity contribution in [2.24, 2.45) is 0 Å². The molecule has 1 aromatic carbocycles. The largest absolute Gasteiger partial charge is 0.401 e. The molecule has 0 bridgehead atoms. The lowest BCUT2D eigenvalue weighted by Gasteiger charge is -2.18. The third kappa shape index (κ3) is 4.87. The number of rotatable bonds is 5. The van der Waals surface area contributed by atoms with E-state index in [1.807, 2.05) is 19.1 Å². The number of benzene rings is 1. The molecule has 0 aliphatic carbocycles. The second-order valence-electron chi connectivity index (χ2n) is 4.34. The van der Waals surface area contributed by atoms with Crippen LogP contribution < -0.4 is 0 Å². The smallest absolute Gasteiger partial charge is 0.298 e. The van der Waals surface area contributed by atoms with Crippen molar-refractivity contribution in [1.29, 1.82) is 0 Å². The maximum atomic E-state index is 12.1. The summed E-state index contributed by atoms with van der Waals surface area (Å²) in [7, 11) is 1.36. The summed E-state index contributed by atoms with van der Waals surface area (Å²) in [6, 6.07) is 7.08. The summed E-state index contributed by atoms with van der Waals surface area (Å²) in [5, 5.41) is 0. The van der Waals surface area contributed by atoms with Crippen LogP contribution in [-0.4, -0.2) is 37.0 Å². The first kappa shape index (κ1) is 14.7. The third-order valence-electron chi connectivity index (χ3n) is 2.62. The maximum Gasteiger partial charge on any atom is 0.401 e. The van der Waals surface area contributed by atoms with Crippen molar-refractivity contribution >= 4 is 5.78 Å². The number of carbonyl (C=O) groups is 1. The molecule has 2 nitrogen and oxygen atoms in total. The Labute approximate surface area is 104 Å². The Morgan fingerprint density at radius 1 is 1.28 bits per heavy atom. The van der Waals surface area contributed by atoms with E-state index in [0.717, 1.165) is 10.5 Å². The summed E-state index contributed by atoms with van der Waals surface area (Å²) >= 11 is 0. The standard InChI is InChI=1S/C13H16F3NO/c1-10-5-3-4-6-11(10)12(18)7-8-17(2)9-13(14,15)16/h3-6H,7-9H2,1-2H3. The Bertz CT molecular complexity index is 415. The van der Waals surface area contributed by atoms with Gasteiger partial charge in [-0.1, -0.05) is 24.3 Å². The fourth-order valence-electron chi connectivity index (χ4n) is 1.70. The molecule has 0 atom stereocenters. The average Bonchev–Trinajstić information content (AvgIpc) is 2.24. The highest BCUT2D eigenvalue weighted by Crippen LogP contribution is 2.16. The first-order valence-electron chi connectivity index (χ1n) is 5.64. The number of ketones is 1. The number of nitrogens with zero attached hydrogens (tertiary/aromatic N) is 1. The molecule has 1 aromatic rings. The van der Waals surface area contributed by atoms with Crippen molar-refractivity contribution < 1.29 is 18.0 Å². The van der Waals surface area contributed by atoms with Crippen LogP contribution in [0.3, 0.4) is 0 Å². The van der Waals surface area contributed by atoms with E-state index in [1.165, 1.54) is 7.05 Å². The molecule has 0 unspecified atom stereocenters. The first-order chi connectivity index (χ1) is 8.29. The summed E-state index contributed by atoms with van der Waals surface area (Å²) in [5.41, 5.74) is 1.43. The molecular weight excluding hydrogens is 243 g/mol. The Kier molecular flexibility index (Phi) is 4.90. The van der Waals surface area contributed by atoms with Gasteiger partial charge in [-0.15, -0.1) is 0 Å². The van der Waals surface area contributed by atoms with Gasteiger partial charge in [0.25, 0.3) is 0 Å². The first-order valence-corrected chi connectivity index (χ1v) is 5.64. The van der Waals surface area contributed by atoms with E-state index >= 15 is 0 Å². The number of hydrogen-bond donors (Lipinski definition) is 0. The van der Waals surface area contributed by atoms with Gasteiger partial charge < -0.3 is 0 Å². The Hall–Kier alpha value is -1.36. The molecule has 0 aliphatic rings. The normalized spacial score (nSPS) is 11.9. The molecule has 0 aromatic heterocycles. The molecule has 0 saturated carbocycles. The Balaban J connectivity index is 2.50. The minimum Gasteiger partial charge on any atom is -0.298 e. The zero-order valence-corrected chi connectivity index (χ0v) is 10.4. The number of hydrogen-bond acceptors (Lipinski definition) is 2. The minimum atomic E-state index is -4.22. The highest BCUT2D eigenvalue weighted by Gasteiger charge is 2.29. The quantitative estimate of drug-likeness (QED) is 0.757. The van der Waals surface area contributed by atoms with E-state index in [2.05, 4.69) is 0 Å². The predicted molar refractivity (Wildman–Crippen MR) is 63.7 cm³/mol. The number of halogens is 3. The van der Waals surface area contributed by atoms with Gasteiger partial charge >= 0.3 is 6.18 Å². The number of Topliss-reactive ketones (excluding diaryl/α,β-unsaturated/α-hetero) is 1. The van der Waals surface area contributed by atoms with Crippen molar-refractivity contribution in [2.45, 2.75) is 19.5 Å². The van der Waals surface area contributed by atoms with Crippen LogP contribution >= 0.6 is 0 Å². The lowest BCUT2D eigenvalue weighted by Crippen LogP contribution is -2.32. The van der Waals surface area contributed by atoms with Crippen LogP contribution in [-0.2, 0) is 0 Å². The Morgan fingerprint density at radius 2 is 1.89 bits per heavy atom. The lowest BCUT2D eigenvalue weighted by atomic mass is 10.0. The molecule has 0 radical (unpaired) electrons. The van der Waals surface area contributed by atoms with Gasteiger partial charge in [0.2, 0.25) is 0 Å². The van der Waals surface area contributed by atoms with Gasteiger partial charge in [0.15, 0.2) is 5.78 Å². The van der Waals surface area contributed by atoms with Gasteiger partial charge in [-0.2, -0.15) is 13.2 Å². The Morgan fingerprint density at radius 3 is 2.44 bits per heavy atom. The second-order valence-corrected chi connectivity index (χ2v) is 4.34.